The molecule has 0 aromatic carbocycles. The van der Waals surface area contributed by atoms with Crippen molar-refractivity contribution >= 4 is 35.8 Å². The smallest absolute Gasteiger partial charge is 0.306 e. The molecule has 0 rings (SSSR count). The number of ether oxygens (including phenoxy) is 6. The molecule has 0 aliphatic heterocycles. The Kier molecular flexibility index (Phi) is 43.4. The molecule has 0 saturated heterocycles. The molecule has 0 saturated carbocycles. The Morgan fingerprint density at radius 2 is 0.455 bits per heavy atom. The van der Waals surface area contributed by atoms with E-state index in [1.165, 1.54) is 0 Å². The zero-order valence-electron chi connectivity index (χ0n) is 43.1. The highest BCUT2D eigenvalue weighted by Crippen LogP contribution is 2.24. The van der Waals surface area contributed by atoms with Crippen molar-refractivity contribution < 1.29 is 57.2 Å². The van der Waals surface area contributed by atoms with Crippen LogP contribution < -0.4 is 0 Å². The zero-order chi connectivity index (χ0) is 48.9. The fourth-order valence-electron chi connectivity index (χ4n) is 7.71. The fraction of sp³-hybridized carbons (Fsp3) is 0.889. The molecule has 0 radical (unpaired) electrons. The molecule has 0 aromatic rings. The molecule has 386 valence electrons. The standard InChI is InChI=1S/C54H98O12/c1-7-13-19-25-31-37-47(55)61-43-45(63-49(57)39-33-27-21-15-9-3)53(65-51(59)41-35-29-23-17-11-5)54(66-52(60)42-36-30-24-18-12-6)46(64-50(58)40-34-28-22-16-10-4)44-62-48(56)38-32-26-20-14-8-2/h45-46,53-54H,7-44H2,1-6H3/t45-,46-,53-,54-/m1/s1. The van der Waals surface area contributed by atoms with Crippen molar-refractivity contribution in [1.29, 1.82) is 0 Å². The van der Waals surface area contributed by atoms with Gasteiger partial charge in [0.2, 0.25) is 0 Å². The number of esters is 6. The quantitative estimate of drug-likeness (QED) is 0.0323. The number of unbranched alkanes of at least 4 members (excludes halogenated alkanes) is 24. The lowest BCUT2D eigenvalue weighted by molar-refractivity contribution is -0.209. The maximum atomic E-state index is 13.9. The van der Waals surface area contributed by atoms with Gasteiger partial charge in [0.05, 0.1) is 0 Å². The maximum Gasteiger partial charge on any atom is 0.306 e. The summed E-state index contributed by atoms with van der Waals surface area (Å²) in [5.74, 6) is -3.47. The number of carbonyl (C=O) groups excluding carboxylic acids is 6. The van der Waals surface area contributed by atoms with Gasteiger partial charge in [-0.1, -0.05) is 196 Å². The number of carbonyl (C=O) groups is 6. The molecule has 0 unspecified atom stereocenters. The lowest BCUT2D eigenvalue weighted by Gasteiger charge is -2.36. The molecular formula is C54H98O12. The van der Waals surface area contributed by atoms with E-state index in [1.807, 2.05) is 0 Å². The summed E-state index contributed by atoms with van der Waals surface area (Å²) in [5, 5.41) is 0. The molecule has 12 nitrogen and oxygen atoms in total. The maximum absolute atomic E-state index is 13.9. The molecule has 66 heavy (non-hydrogen) atoms. The predicted octanol–water partition coefficient (Wildman–Crippen LogP) is 13.9. The minimum Gasteiger partial charge on any atom is -0.462 e. The van der Waals surface area contributed by atoms with Gasteiger partial charge < -0.3 is 28.4 Å². The van der Waals surface area contributed by atoms with Gasteiger partial charge in [0, 0.05) is 38.5 Å². The van der Waals surface area contributed by atoms with Crippen LogP contribution >= 0.6 is 0 Å². The highest BCUT2D eigenvalue weighted by Gasteiger charge is 2.45. The van der Waals surface area contributed by atoms with Crippen molar-refractivity contribution in [3.63, 3.8) is 0 Å². The first-order chi connectivity index (χ1) is 32.1. The van der Waals surface area contributed by atoms with Crippen molar-refractivity contribution in [2.45, 2.75) is 297 Å². The molecule has 0 heterocycles. The van der Waals surface area contributed by atoms with Crippen LogP contribution in [0.25, 0.3) is 0 Å². The fourth-order valence-corrected chi connectivity index (χ4v) is 7.71. The van der Waals surface area contributed by atoms with E-state index in [0.717, 1.165) is 154 Å². The van der Waals surface area contributed by atoms with Crippen LogP contribution in [0.15, 0.2) is 0 Å². The van der Waals surface area contributed by atoms with E-state index in [9.17, 15) is 28.8 Å². The van der Waals surface area contributed by atoms with Crippen LogP contribution in [0, 0.1) is 0 Å². The minimum absolute atomic E-state index is 0.0309. The normalized spacial score (nSPS) is 13.0. The predicted molar refractivity (Wildman–Crippen MR) is 262 cm³/mol. The third-order valence-electron chi connectivity index (χ3n) is 11.9. The molecular weight excluding hydrogens is 841 g/mol. The Morgan fingerprint density at radius 3 is 0.682 bits per heavy atom. The van der Waals surface area contributed by atoms with Crippen LogP contribution in [0.1, 0.15) is 273 Å². The second-order valence-corrected chi connectivity index (χ2v) is 18.3. The van der Waals surface area contributed by atoms with E-state index >= 15 is 0 Å². The van der Waals surface area contributed by atoms with Crippen molar-refractivity contribution in [3.05, 3.63) is 0 Å². The van der Waals surface area contributed by atoms with Crippen LogP contribution in [-0.4, -0.2) is 73.4 Å². The van der Waals surface area contributed by atoms with Gasteiger partial charge in [-0.15, -0.1) is 0 Å². The SMILES string of the molecule is CCCCCCCC(=O)OC[C@@H](OC(=O)CCCCCCC)[C@@H](OC(=O)CCCCCCC)[C@H](OC(=O)CCCCCCC)[C@@H](COC(=O)CCCCCCC)OC(=O)CCCCCCC. The summed E-state index contributed by atoms with van der Waals surface area (Å²) in [5.41, 5.74) is 0. The summed E-state index contributed by atoms with van der Waals surface area (Å²) in [4.78, 5) is 81.7. The zero-order valence-corrected chi connectivity index (χ0v) is 43.1. The van der Waals surface area contributed by atoms with Crippen LogP contribution in [0.3, 0.4) is 0 Å². The molecule has 0 N–H and O–H groups in total. The van der Waals surface area contributed by atoms with Crippen molar-refractivity contribution in [1.82, 2.24) is 0 Å². The molecule has 4 atom stereocenters. The first-order valence-electron chi connectivity index (χ1n) is 27.2. The largest absolute Gasteiger partial charge is 0.462 e. The van der Waals surface area contributed by atoms with E-state index in [-0.39, 0.29) is 38.5 Å². The topological polar surface area (TPSA) is 158 Å². The van der Waals surface area contributed by atoms with Gasteiger partial charge in [0.25, 0.3) is 0 Å². The van der Waals surface area contributed by atoms with Gasteiger partial charge in [0.1, 0.15) is 13.2 Å². The summed E-state index contributed by atoms with van der Waals surface area (Å²) in [6, 6.07) is 0. The summed E-state index contributed by atoms with van der Waals surface area (Å²) in [6.45, 7) is 11.7. The first-order valence-corrected chi connectivity index (χ1v) is 27.2. The van der Waals surface area contributed by atoms with Crippen LogP contribution in [0.5, 0.6) is 0 Å². The lowest BCUT2D eigenvalue weighted by atomic mass is 10.0. The third kappa shape index (κ3) is 36.9. The van der Waals surface area contributed by atoms with Gasteiger partial charge in [-0.25, -0.2) is 0 Å². The molecule has 0 amide bonds. The van der Waals surface area contributed by atoms with Gasteiger partial charge in [-0.05, 0) is 38.5 Å². The Hall–Kier alpha value is -3.18. The average Bonchev–Trinajstić information content (AvgIpc) is 3.30. The van der Waals surface area contributed by atoms with E-state index in [4.69, 9.17) is 28.4 Å². The van der Waals surface area contributed by atoms with Crippen molar-refractivity contribution in [2.75, 3.05) is 13.2 Å². The van der Waals surface area contributed by atoms with E-state index in [0.29, 0.717) is 38.5 Å². The highest BCUT2D eigenvalue weighted by atomic mass is 16.6. The molecule has 0 bridgehead atoms. The second-order valence-electron chi connectivity index (χ2n) is 18.3. The Labute approximate surface area is 402 Å². The van der Waals surface area contributed by atoms with Crippen LogP contribution in [0.4, 0.5) is 0 Å². The molecule has 12 heteroatoms. The number of hydrogen-bond acceptors (Lipinski definition) is 12. The summed E-state index contributed by atoms with van der Waals surface area (Å²) in [6.07, 6.45) is 21.2. The summed E-state index contributed by atoms with van der Waals surface area (Å²) < 4.78 is 36.3. The third-order valence-corrected chi connectivity index (χ3v) is 11.9. The van der Waals surface area contributed by atoms with Crippen LogP contribution in [-0.2, 0) is 57.2 Å². The molecule has 0 aliphatic carbocycles. The highest BCUT2D eigenvalue weighted by molar-refractivity contribution is 5.73. The molecule has 0 aromatic heterocycles. The van der Waals surface area contributed by atoms with Gasteiger partial charge in [0.15, 0.2) is 24.4 Å². The summed E-state index contributed by atoms with van der Waals surface area (Å²) in [7, 11) is 0. The number of hydrogen-bond donors (Lipinski definition) is 0. The first kappa shape index (κ1) is 62.8. The number of rotatable bonds is 47. The Morgan fingerprint density at radius 1 is 0.258 bits per heavy atom. The Bertz CT molecular complexity index is 1130. The van der Waals surface area contributed by atoms with Gasteiger partial charge in [-0.3, -0.25) is 28.8 Å². The van der Waals surface area contributed by atoms with Gasteiger partial charge in [-0.2, -0.15) is 0 Å². The van der Waals surface area contributed by atoms with Crippen LogP contribution in [0.2, 0.25) is 0 Å². The monoisotopic (exact) mass is 939 g/mol. The van der Waals surface area contributed by atoms with Gasteiger partial charge >= 0.3 is 35.8 Å². The molecule has 0 aliphatic rings. The van der Waals surface area contributed by atoms with E-state index in [2.05, 4.69) is 41.5 Å². The van der Waals surface area contributed by atoms with E-state index in [1.54, 1.807) is 0 Å². The second kappa shape index (κ2) is 45.6. The molecule has 0 spiro atoms. The molecule has 0 fully saturated rings. The lowest BCUT2D eigenvalue weighted by Crippen LogP contribution is -2.54. The van der Waals surface area contributed by atoms with E-state index < -0.39 is 73.4 Å². The average molecular weight is 939 g/mol. The minimum atomic E-state index is -1.58. The Balaban J connectivity index is 7.27. The summed E-state index contributed by atoms with van der Waals surface area (Å²) >= 11 is 0. The van der Waals surface area contributed by atoms with Crippen molar-refractivity contribution in [2.24, 2.45) is 0 Å². The van der Waals surface area contributed by atoms with Crippen molar-refractivity contribution in [3.8, 4) is 0 Å².